The summed E-state index contributed by atoms with van der Waals surface area (Å²) < 4.78 is 0.820. The summed E-state index contributed by atoms with van der Waals surface area (Å²) in [5, 5.41) is 15.4. The molecule has 1 aromatic heterocycles. The topological polar surface area (TPSA) is 66.9 Å². The number of amides is 1. The summed E-state index contributed by atoms with van der Waals surface area (Å²) in [6, 6.07) is 8.50. The van der Waals surface area contributed by atoms with Crippen LogP contribution in [0.5, 0.6) is 0 Å². The highest BCUT2D eigenvalue weighted by molar-refractivity contribution is 8.01. The number of carbonyl (C=O) groups excluding carboxylic acids is 1. The summed E-state index contributed by atoms with van der Waals surface area (Å²) in [6.07, 6.45) is 2.42. The summed E-state index contributed by atoms with van der Waals surface area (Å²) in [4.78, 5) is 12.2. The van der Waals surface area contributed by atoms with E-state index in [4.69, 9.17) is 0 Å². The monoisotopic (exact) mass is 348 g/mol. The zero-order chi connectivity index (χ0) is 16.2. The molecular weight excluding hydrogens is 328 g/mol. The van der Waals surface area contributed by atoms with E-state index in [9.17, 15) is 4.79 Å². The van der Waals surface area contributed by atoms with E-state index in [-0.39, 0.29) is 5.91 Å². The molecule has 1 aliphatic rings. The highest BCUT2D eigenvalue weighted by Crippen LogP contribution is 2.30. The molecule has 23 heavy (non-hydrogen) atoms. The quantitative estimate of drug-likeness (QED) is 0.741. The minimum Gasteiger partial charge on any atom is -0.357 e. The van der Waals surface area contributed by atoms with Crippen LogP contribution in [0.25, 0.3) is 0 Å². The van der Waals surface area contributed by atoms with Gasteiger partial charge in [-0.15, -0.1) is 10.2 Å². The molecule has 5 nitrogen and oxygen atoms in total. The first-order chi connectivity index (χ1) is 11.1. The molecule has 3 rings (SSSR count). The molecule has 1 aliphatic carbocycles. The van der Waals surface area contributed by atoms with Gasteiger partial charge in [0.2, 0.25) is 11.0 Å². The van der Waals surface area contributed by atoms with E-state index in [1.807, 2.05) is 24.3 Å². The number of nitrogens with zero attached hydrogens (tertiary/aromatic N) is 2. The molecule has 1 heterocycles. The van der Waals surface area contributed by atoms with E-state index in [0.29, 0.717) is 17.7 Å². The molecule has 2 N–H and O–H groups in total. The molecule has 0 unspecified atom stereocenters. The average molecular weight is 348 g/mol. The Labute approximate surface area is 144 Å². The average Bonchev–Trinajstić information content (AvgIpc) is 3.22. The van der Waals surface area contributed by atoms with Crippen molar-refractivity contribution in [3.8, 4) is 0 Å². The van der Waals surface area contributed by atoms with Crippen molar-refractivity contribution < 1.29 is 4.79 Å². The Morgan fingerprint density at radius 3 is 2.87 bits per heavy atom. The lowest BCUT2D eigenvalue weighted by Crippen LogP contribution is -2.15. The van der Waals surface area contributed by atoms with Gasteiger partial charge in [-0.3, -0.25) is 4.79 Å². The van der Waals surface area contributed by atoms with Crippen LogP contribution in [0.2, 0.25) is 0 Å². The number of para-hydroxylation sites is 1. The molecule has 0 bridgehead atoms. The second-order valence-electron chi connectivity index (χ2n) is 5.87. The Balaban J connectivity index is 1.52. The number of carbonyl (C=O) groups is 1. The van der Waals surface area contributed by atoms with Gasteiger partial charge in [0.05, 0.1) is 5.75 Å². The van der Waals surface area contributed by atoms with E-state index >= 15 is 0 Å². The molecule has 0 spiro atoms. The van der Waals surface area contributed by atoms with Gasteiger partial charge in [0.1, 0.15) is 0 Å². The van der Waals surface area contributed by atoms with Crippen molar-refractivity contribution >= 4 is 39.8 Å². The fourth-order valence-electron chi connectivity index (χ4n) is 2.16. The van der Waals surface area contributed by atoms with Gasteiger partial charge in [-0.1, -0.05) is 55.1 Å². The lowest BCUT2D eigenvalue weighted by Gasteiger charge is -2.13. The molecule has 0 atom stereocenters. The second-order valence-corrected chi connectivity index (χ2v) is 8.07. The highest BCUT2D eigenvalue weighted by atomic mass is 32.2. The van der Waals surface area contributed by atoms with Gasteiger partial charge < -0.3 is 10.6 Å². The molecule has 0 radical (unpaired) electrons. The van der Waals surface area contributed by atoms with E-state index in [0.717, 1.165) is 20.7 Å². The normalized spacial score (nSPS) is 14.0. The van der Waals surface area contributed by atoms with Crippen molar-refractivity contribution in [3.63, 3.8) is 0 Å². The molecule has 0 aliphatic heterocycles. The number of rotatable bonds is 7. The highest BCUT2D eigenvalue weighted by Gasteiger charge is 2.22. The molecular formula is C16H20N4OS2. The smallest absolute Gasteiger partial charge is 0.234 e. The van der Waals surface area contributed by atoms with Crippen molar-refractivity contribution in [3.05, 3.63) is 29.8 Å². The van der Waals surface area contributed by atoms with Crippen LogP contribution in [-0.4, -0.2) is 27.9 Å². The summed E-state index contributed by atoms with van der Waals surface area (Å²) >= 11 is 2.93. The maximum Gasteiger partial charge on any atom is 0.234 e. The van der Waals surface area contributed by atoms with Gasteiger partial charge in [0, 0.05) is 11.7 Å². The predicted octanol–water partition coefficient (Wildman–Crippen LogP) is 3.97. The lowest BCUT2D eigenvalue weighted by molar-refractivity contribution is -0.113. The number of hydrogen-bond acceptors (Lipinski definition) is 6. The third-order valence-electron chi connectivity index (χ3n) is 3.50. The third-order valence-corrected chi connectivity index (χ3v) is 5.48. The van der Waals surface area contributed by atoms with Crippen LogP contribution in [0.1, 0.15) is 38.2 Å². The molecule has 7 heteroatoms. The van der Waals surface area contributed by atoms with Gasteiger partial charge in [-0.05, 0) is 30.4 Å². The predicted molar refractivity (Wildman–Crippen MR) is 96.4 cm³/mol. The van der Waals surface area contributed by atoms with Crippen LogP contribution in [0, 0.1) is 0 Å². The third kappa shape index (κ3) is 4.68. The number of hydrogen-bond donors (Lipinski definition) is 2. The van der Waals surface area contributed by atoms with Gasteiger partial charge in [0.15, 0.2) is 4.34 Å². The van der Waals surface area contributed by atoms with E-state index < -0.39 is 0 Å². The first-order valence-corrected chi connectivity index (χ1v) is 9.53. The molecule has 0 saturated heterocycles. The second kappa shape index (κ2) is 7.31. The first kappa shape index (κ1) is 16.3. The van der Waals surface area contributed by atoms with Crippen LogP contribution in [0.4, 0.5) is 10.8 Å². The fourth-order valence-corrected chi connectivity index (χ4v) is 3.79. The Hall–Kier alpha value is -1.60. The Kier molecular flexibility index (Phi) is 5.17. The molecule has 2 aromatic rings. The van der Waals surface area contributed by atoms with Crippen LogP contribution < -0.4 is 10.6 Å². The first-order valence-electron chi connectivity index (χ1n) is 7.73. The Morgan fingerprint density at radius 2 is 2.13 bits per heavy atom. The Morgan fingerprint density at radius 1 is 1.35 bits per heavy atom. The van der Waals surface area contributed by atoms with Gasteiger partial charge in [0.25, 0.3) is 0 Å². The van der Waals surface area contributed by atoms with Crippen LogP contribution in [0.3, 0.4) is 0 Å². The van der Waals surface area contributed by atoms with Crippen molar-refractivity contribution in [2.75, 3.05) is 16.4 Å². The van der Waals surface area contributed by atoms with Gasteiger partial charge in [-0.25, -0.2) is 0 Å². The standard InChI is InChI=1S/C16H20N4OS2/c1-10(2)12-5-3-4-6-13(12)18-14(21)9-22-16-20-19-15(23-16)17-11-7-8-11/h3-6,10-11H,7-9H2,1-2H3,(H,17,19)(H,18,21). The number of thioether (sulfide) groups is 1. The maximum atomic E-state index is 12.2. The fraction of sp³-hybridized carbons (Fsp3) is 0.438. The van der Waals surface area contributed by atoms with Crippen molar-refractivity contribution in [1.29, 1.82) is 0 Å². The number of aromatic nitrogens is 2. The van der Waals surface area contributed by atoms with Crippen LogP contribution >= 0.6 is 23.1 Å². The molecule has 1 fully saturated rings. The summed E-state index contributed by atoms with van der Waals surface area (Å²) in [7, 11) is 0. The summed E-state index contributed by atoms with van der Waals surface area (Å²) in [6.45, 7) is 4.24. The van der Waals surface area contributed by atoms with Crippen LogP contribution in [-0.2, 0) is 4.79 Å². The van der Waals surface area contributed by atoms with Crippen LogP contribution in [0.15, 0.2) is 28.6 Å². The number of benzene rings is 1. The minimum absolute atomic E-state index is 0.0185. The number of nitrogens with one attached hydrogen (secondary N) is 2. The SMILES string of the molecule is CC(C)c1ccccc1NC(=O)CSc1nnc(NC2CC2)s1. The summed E-state index contributed by atoms with van der Waals surface area (Å²) in [5.41, 5.74) is 2.04. The van der Waals surface area contributed by atoms with Crippen molar-refractivity contribution in [2.24, 2.45) is 0 Å². The van der Waals surface area contributed by atoms with E-state index in [1.165, 1.54) is 35.9 Å². The molecule has 122 valence electrons. The maximum absolute atomic E-state index is 12.2. The van der Waals surface area contributed by atoms with E-state index in [1.54, 1.807) is 0 Å². The number of anilines is 2. The molecule has 1 aromatic carbocycles. The zero-order valence-corrected chi connectivity index (χ0v) is 14.8. The molecule has 1 saturated carbocycles. The largest absolute Gasteiger partial charge is 0.357 e. The van der Waals surface area contributed by atoms with Crippen molar-refractivity contribution in [1.82, 2.24) is 10.2 Å². The lowest BCUT2D eigenvalue weighted by atomic mass is 10.0. The van der Waals surface area contributed by atoms with E-state index in [2.05, 4.69) is 34.7 Å². The molecule has 1 amide bonds. The Bertz CT molecular complexity index is 682. The minimum atomic E-state index is -0.0185. The zero-order valence-electron chi connectivity index (χ0n) is 13.2. The van der Waals surface area contributed by atoms with Gasteiger partial charge in [-0.2, -0.15) is 0 Å². The summed E-state index contributed by atoms with van der Waals surface area (Å²) in [5.74, 6) is 0.693. The van der Waals surface area contributed by atoms with Crippen molar-refractivity contribution in [2.45, 2.75) is 43.0 Å². The van der Waals surface area contributed by atoms with Gasteiger partial charge >= 0.3 is 0 Å².